The maximum atomic E-state index is 13.9. The summed E-state index contributed by atoms with van der Waals surface area (Å²) in [4.78, 5) is 62.8. The zero-order valence-electron chi connectivity index (χ0n) is 35.6. The fourth-order valence-electron chi connectivity index (χ4n) is 10.1. The maximum Gasteiger partial charge on any atom is 0.281 e. The van der Waals surface area contributed by atoms with E-state index in [2.05, 4.69) is 46.2 Å². The Balaban J connectivity index is 0.694. The summed E-state index contributed by atoms with van der Waals surface area (Å²) in [5, 5.41) is 30.1. The van der Waals surface area contributed by atoms with Crippen molar-refractivity contribution in [2.75, 3.05) is 62.6 Å². The Morgan fingerprint density at radius 3 is 2.57 bits per heavy atom. The number of carbonyl (C=O) groups excluding carboxylic acids is 4. The number of fused-ring (bicyclic) bond motifs is 6. The van der Waals surface area contributed by atoms with Gasteiger partial charge in [0.2, 0.25) is 17.7 Å². The molecule has 7 heterocycles. The zero-order chi connectivity index (χ0) is 44.8. The van der Waals surface area contributed by atoms with Gasteiger partial charge in [0, 0.05) is 75.2 Å². The highest BCUT2D eigenvalue weighted by Crippen LogP contribution is 2.37. The van der Waals surface area contributed by atoms with Crippen molar-refractivity contribution in [1.29, 1.82) is 5.41 Å². The number of halogens is 2. The molecule has 65 heavy (non-hydrogen) atoms. The molecule has 5 aromatic rings. The Morgan fingerprint density at radius 1 is 1.00 bits per heavy atom. The lowest BCUT2D eigenvalue weighted by atomic mass is 9.85. The van der Waals surface area contributed by atoms with Gasteiger partial charge in [-0.3, -0.25) is 34.8 Å². The minimum Gasteiger partial charge on any atom is -0.386 e. The van der Waals surface area contributed by atoms with Crippen LogP contribution in [0.3, 0.4) is 0 Å². The van der Waals surface area contributed by atoms with E-state index in [0.717, 1.165) is 75.6 Å². The highest BCUT2D eigenvalue weighted by molar-refractivity contribution is 6.14. The zero-order valence-corrected chi connectivity index (χ0v) is 35.6. The van der Waals surface area contributed by atoms with Crippen molar-refractivity contribution < 1.29 is 37.2 Å². The van der Waals surface area contributed by atoms with Crippen LogP contribution in [0.2, 0.25) is 0 Å². The molecule has 2 aromatic carbocycles. The third-order valence-corrected chi connectivity index (χ3v) is 13.6. The third-order valence-electron chi connectivity index (χ3n) is 13.6. The number of nitrogens with one attached hydrogen (secondary N) is 5. The number of piperazine rings is 1. The van der Waals surface area contributed by atoms with E-state index < -0.39 is 29.9 Å². The Bertz CT molecular complexity index is 2710. The Kier molecular flexibility index (Phi) is 11.7. The number of ether oxygens (including phenoxy) is 1. The van der Waals surface area contributed by atoms with Crippen LogP contribution in [0.1, 0.15) is 66.9 Å². The molecule has 18 nitrogen and oxygen atoms in total. The maximum absolute atomic E-state index is 13.9. The monoisotopic (exact) mass is 892 g/mol. The molecular weight excluding hydrogens is 843 g/mol. The summed E-state index contributed by atoms with van der Waals surface area (Å²) >= 11 is 0. The normalized spacial score (nSPS) is 24.3. The van der Waals surface area contributed by atoms with Crippen LogP contribution in [0.5, 0.6) is 0 Å². The first-order valence-corrected chi connectivity index (χ1v) is 22.3. The molecule has 2 bridgehead atoms. The van der Waals surface area contributed by atoms with E-state index in [4.69, 9.17) is 19.7 Å². The number of piperidine rings is 1. The summed E-state index contributed by atoms with van der Waals surface area (Å²) in [5.74, 6) is -0.963. The average molecular weight is 893 g/mol. The number of morpholine rings is 1. The smallest absolute Gasteiger partial charge is 0.281 e. The number of allylic oxidation sites excluding steroid dienone is 1. The topological polar surface area (TPSA) is 215 Å². The molecule has 5 fully saturated rings. The molecule has 4 saturated heterocycles. The van der Waals surface area contributed by atoms with E-state index in [1.807, 2.05) is 30.3 Å². The fourth-order valence-corrected chi connectivity index (χ4v) is 10.1. The fraction of sp³-hybridized carbons (Fsp3) is 0.467. The number of amides is 4. The van der Waals surface area contributed by atoms with Gasteiger partial charge in [-0.15, -0.1) is 0 Å². The van der Waals surface area contributed by atoms with Gasteiger partial charge in [-0.1, -0.05) is 17.3 Å². The summed E-state index contributed by atoms with van der Waals surface area (Å²) in [6.07, 6.45) is 6.45. The minimum atomic E-state index is -3.09. The summed E-state index contributed by atoms with van der Waals surface area (Å²) < 4.78 is 40.5. The first-order chi connectivity index (χ1) is 31.5. The Labute approximate surface area is 371 Å². The number of hydrogen-bond acceptors (Lipinski definition) is 14. The van der Waals surface area contributed by atoms with Gasteiger partial charge in [0.1, 0.15) is 22.8 Å². The van der Waals surface area contributed by atoms with E-state index in [9.17, 15) is 28.0 Å². The van der Waals surface area contributed by atoms with Gasteiger partial charge < -0.3 is 35.0 Å². The summed E-state index contributed by atoms with van der Waals surface area (Å²) in [6.45, 7) is 5.64. The van der Waals surface area contributed by atoms with Crippen LogP contribution < -0.4 is 26.2 Å². The number of rotatable bonds is 13. The van der Waals surface area contributed by atoms with Crippen LogP contribution in [0.15, 0.2) is 65.2 Å². The molecule has 1 aliphatic carbocycles. The molecule has 5 aliphatic rings. The van der Waals surface area contributed by atoms with Crippen LogP contribution in [-0.4, -0.2) is 136 Å². The summed E-state index contributed by atoms with van der Waals surface area (Å²) in [5.41, 5.74) is 0.775. The van der Waals surface area contributed by atoms with Gasteiger partial charge in [0.25, 0.3) is 12.3 Å². The number of benzene rings is 2. The summed E-state index contributed by atoms with van der Waals surface area (Å²) in [7, 11) is 0. The predicted octanol–water partition coefficient (Wildman–Crippen LogP) is 3.78. The highest BCUT2D eigenvalue weighted by atomic mass is 19.3. The molecule has 0 unspecified atom stereocenters. The Hall–Kier alpha value is -6.38. The first-order valence-electron chi connectivity index (χ1n) is 22.3. The van der Waals surface area contributed by atoms with Gasteiger partial charge in [0.05, 0.1) is 48.5 Å². The third kappa shape index (κ3) is 8.76. The minimum absolute atomic E-state index is 0.00327. The molecule has 10 rings (SSSR count). The molecule has 3 aromatic heterocycles. The van der Waals surface area contributed by atoms with Crippen LogP contribution in [-0.2, 0) is 19.1 Å². The van der Waals surface area contributed by atoms with Crippen molar-refractivity contribution in [3.63, 3.8) is 0 Å². The molecule has 5 N–H and O–H groups in total. The van der Waals surface area contributed by atoms with Crippen LogP contribution in [0, 0.1) is 11.3 Å². The van der Waals surface area contributed by atoms with Gasteiger partial charge in [-0.2, -0.15) is 5.10 Å². The average Bonchev–Trinajstić information content (AvgIpc) is 4.13. The lowest BCUT2D eigenvalue weighted by molar-refractivity contribution is -0.134. The van der Waals surface area contributed by atoms with Crippen LogP contribution >= 0.6 is 0 Å². The van der Waals surface area contributed by atoms with Crippen molar-refractivity contribution in [3.05, 3.63) is 71.9 Å². The lowest BCUT2D eigenvalue weighted by Crippen LogP contribution is -2.50. The predicted molar refractivity (Wildman–Crippen MR) is 235 cm³/mol. The number of alkyl halides is 2. The van der Waals surface area contributed by atoms with Crippen molar-refractivity contribution in [2.24, 2.45) is 5.92 Å². The number of anilines is 2. The molecule has 20 heteroatoms. The van der Waals surface area contributed by atoms with Crippen LogP contribution in [0.25, 0.3) is 27.4 Å². The second-order valence-electron chi connectivity index (χ2n) is 17.8. The number of hydrogen-bond donors (Lipinski definition) is 5. The quantitative estimate of drug-likeness (QED) is 0.0842. The second-order valence-corrected chi connectivity index (χ2v) is 17.8. The number of aromatic nitrogens is 4. The Morgan fingerprint density at radius 2 is 1.82 bits per heavy atom. The van der Waals surface area contributed by atoms with E-state index in [1.165, 1.54) is 16.9 Å². The van der Waals surface area contributed by atoms with Crippen molar-refractivity contribution in [1.82, 2.24) is 45.5 Å². The molecule has 4 amide bonds. The van der Waals surface area contributed by atoms with E-state index in [0.29, 0.717) is 59.3 Å². The van der Waals surface area contributed by atoms with Gasteiger partial charge in [0.15, 0.2) is 11.2 Å². The van der Waals surface area contributed by atoms with Crippen molar-refractivity contribution in [2.45, 2.75) is 75.5 Å². The first kappa shape index (κ1) is 42.6. The summed E-state index contributed by atoms with van der Waals surface area (Å²) in [6, 6.07) is 11.3. The molecule has 1 saturated carbocycles. The molecule has 4 aliphatic heterocycles. The lowest BCUT2D eigenvalue weighted by Gasteiger charge is -2.38. The largest absolute Gasteiger partial charge is 0.386 e. The molecule has 3 atom stereocenters. The second kappa shape index (κ2) is 17.9. The molecule has 0 radical (unpaired) electrons. The van der Waals surface area contributed by atoms with Gasteiger partial charge in [-0.05, 0) is 74.1 Å². The van der Waals surface area contributed by atoms with Gasteiger partial charge in [-0.25, -0.2) is 18.3 Å². The van der Waals surface area contributed by atoms with E-state index >= 15 is 0 Å². The van der Waals surface area contributed by atoms with Crippen LogP contribution in [0.4, 0.5) is 20.3 Å². The van der Waals surface area contributed by atoms with E-state index in [-0.39, 0.29) is 54.2 Å². The number of imide groups is 1. The van der Waals surface area contributed by atoms with E-state index in [1.54, 1.807) is 12.3 Å². The van der Waals surface area contributed by atoms with Crippen molar-refractivity contribution >= 4 is 68.2 Å². The molecule has 0 spiro atoms. The molecule has 340 valence electrons. The highest BCUT2D eigenvalue weighted by Gasteiger charge is 2.40. The van der Waals surface area contributed by atoms with Crippen molar-refractivity contribution in [3.8, 4) is 0 Å². The molecular formula is C45H50F2N12O6. The standard InChI is InChI=1S/C45H50F2N12O6/c46-42(47)40(48)34(52-45(63)32-19-50-59-13-12-36(53-43(32)59)58-22-28-18-27(58)24-64-28)20-49-26-6-4-25(5-7-26)21-56-14-16-57(17-15-56)23-38(61)51-33-3-1-2-30-29(33)8-10-35-39(30)41(55-65-35)31-9-11-37(60)54-44(31)62/h1-3,8,10,12-13,19-20,25-28,31,42,48-49H,4-7,9,11,14-18,21-24H2,(H,51,61)(H,52,63)(H,54,60,62)/b34-20+,48-40?/t25?,26?,27-,28-,31-/m1/s1. The SMILES string of the molecule is N=C(/C(=C\NC1CCC(CN2CCN(CC(=O)Nc3cccc4c3ccc3onc([C@H]5CCC(=O)NC5=O)c34)CC2)CC1)NC(=O)c1cnn2ccc(N3C[C@H]4C[C@@H]3CO4)nc12)C(F)F. The number of nitrogens with zero attached hydrogens (tertiary/aromatic N) is 7. The van der Waals surface area contributed by atoms with Gasteiger partial charge >= 0.3 is 0 Å². The number of carbonyl (C=O) groups is 4.